The zero-order valence-corrected chi connectivity index (χ0v) is 13.7. The van der Waals surface area contributed by atoms with Gasteiger partial charge in [-0.15, -0.1) is 11.8 Å². The lowest BCUT2D eigenvalue weighted by molar-refractivity contribution is 0.208. The molecule has 116 valence electrons. The van der Waals surface area contributed by atoms with Crippen molar-refractivity contribution >= 4 is 17.7 Å². The quantitative estimate of drug-likeness (QED) is 0.858. The van der Waals surface area contributed by atoms with Crippen molar-refractivity contribution in [3.05, 3.63) is 48.3 Å². The molecule has 0 bridgehead atoms. The molecular formula is C17H22N4S. The van der Waals surface area contributed by atoms with Gasteiger partial charge in [-0.05, 0) is 49.4 Å². The predicted molar refractivity (Wildman–Crippen MR) is 92.2 cm³/mol. The molecule has 1 saturated heterocycles. The van der Waals surface area contributed by atoms with Crippen molar-refractivity contribution < 1.29 is 0 Å². The molecule has 4 nitrogen and oxygen atoms in total. The van der Waals surface area contributed by atoms with Crippen LogP contribution in [0.2, 0.25) is 0 Å². The van der Waals surface area contributed by atoms with E-state index in [4.69, 9.17) is 0 Å². The Balaban J connectivity index is 1.55. The minimum absolute atomic E-state index is 0.432. The lowest BCUT2D eigenvalue weighted by Crippen LogP contribution is -2.41. The molecule has 3 rings (SSSR count). The summed E-state index contributed by atoms with van der Waals surface area (Å²) >= 11 is 1.79. The van der Waals surface area contributed by atoms with E-state index >= 15 is 0 Å². The molecule has 5 heteroatoms. The van der Waals surface area contributed by atoms with Gasteiger partial charge in [0.2, 0.25) is 5.95 Å². The standard InChI is InChI=1S/C17H22N4S/c1-22-16-7-5-14(6-8-16)12-21-11-2-4-15(13-21)20-17-18-9-3-10-19-17/h3,5-10,15H,2,4,11-13H2,1H3,(H,18,19,20). The zero-order valence-electron chi connectivity index (χ0n) is 12.9. The first-order valence-electron chi connectivity index (χ1n) is 7.72. The van der Waals surface area contributed by atoms with E-state index < -0.39 is 0 Å². The second-order valence-electron chi connectivity index (χ2n) is 5.64. The minimum Gasteiger partial charge on any atom is -0.350 e. The van der Waals surface area contributed by atoms with Crippen LogP contribution in [0.15, 0.2) is 47.6 Å². The van der Waals surface area contributed by atoms with Crippen molar-refractivity contribution in [2.24, 2.45) is 0 Å². The lowest BCUT2D eigenvalue weighted by atomic mass is 10.0. The van der Waals surface area contributed by atoms with Crippen LogP contribution in [0.25, 0.3) is 0 Å². The number of benzene rings is 1. The Morgan fingerprint density at radius 1 is 1.23 bits per heavy atom. The van der Waals surface area contributed by atoms with Gasteiger partial charge in [-0.1, -0.05) is 12.1 Å². The van der Waals surface area contributed by atoms with Crippen LogP contribution in [0.3, 0.4) is 0 Å². The molecule has 0 spiro atoms. The number of rotatable bonds is 5. The highest BCUT2D eigenvalue weighted by molar-refractivity contribution is 7.98. The Labute approximate surface area is 136 Å². The Morgan fingerprint density at radius 2 is 2.00 bits per heavy atom. The van der Waals surface area contributed by atoms with E-state index in [1.54, 1.807) is 24.2 Å². The third-order valence-corrected chi connectivity index (χ3v) is 4.71. The number of hydrogen-bond acceptors (Lipinski definition) is 5. The first kappa shape index (κ1) is 15.3. The van der Waals surface area contributed by atoms with Crippen molar-refractivity contribution in [2.75, 3.05) is 24.7 Å². The number of aromatic nitrogens is 2. The van der Waals surface area contributed by atoms with Crippen molar-refractivity contribution in [2.45, 2.75) is 30.3 Å². The average molecular weight is 314 g/mol. The van der Waals surface area contributed by atoms with Crippen LogP contribution in [0, 0.1) is 0 Å². The number of nitrogens with one attached hydrogen (secondary N) is 1. The first-order chi connectivity index (χ1) is 10.8. The van der Waals surface area contributed by atoms with Crippen molar-refractivity contribution in [1.29, 1.82) is 0 Å². The fourth-order valence-corrected chi connectivity index (χ4v) is 3.27. The summed E-state index contributed by atoms with van der Waals surface area (Å²) in [5, 5.41) is 3.45. The van der Waals surface area contributed by atoms with Crippen molar-refractivity contribution in [1.82, 2.24) is 14.9 Å². The van der Waals surface area contributed by atoms with Gasteiger partial charge in [-0.3, -0.25) is 4.90 Å². The third-order valence-electron chi connectivity index (χ3n) is 3.97. The molecule has 22 heavy (non-hydrogen) atoms. The van der Waals surface area contributed by atoms with Crippen molar-refractivity contribution in [3.63, 3.8) is 0 Å². The van der Waals surface area contributed by atoms with Gasteiger partial charge < -0.3 is 5.32 Å². The van der Waals surface area contributed by atoms with Gasteiger partial charge in [0.15, 0.2) is 0 Å². The monoisotopic (exact) mass is 314 g/mol. The Hall–Kier alpha value is -1.59. The van der Waals surface area contributed by atoms with E-state index in [0.717, 1.165) is 25.6 Å². The van der Waals surface area contributed by atoms with Crippen LogP contribution in [-0.4, -0.2) is 40.3 Å². The molecule has 0 radical (unpaired) electrons. The highest BCUT2D eigenvalue weighted by atomic mass is 32.2. The number of anilines is 1. The van der Waals surface area contributed by atoms with Crippen LogP contribution in [0.5, 0.6) is 0 Å². The molecule has 1 fully saturated rings. The summed E-state index contributed by atoms with van der Waals surface area (Å²) in [5.74, 6) is 0.735. The number of nitrogens with zero attached hydrogens (tertiary/aromatic N) is 3. The summed E-state index contributed by atoms with van der Waals surface area (Å²) in [7, 11) is 0. The lowest BCUT2D eigenvalue weighted by Gasteiger charge is -2.33. The molecule has 1 atom stereocenters. The highest BCUT2D eigenvalue weighted by Crippen LogP contribution is 2.19. The third kappa shape index (κ3) is 4.21. The average Bonchev–Trinajstić information content (AvgIpc) is 2.57. The summed E-state index contributed by atoms with van der Waals surface area (Å²) in [6.07, 6.45) is 8.07. The van der Waals surface area contributed by atoms with Crippen LogP contribution in [0.1, 0.15) is 18.4 Å². The van der Waals surface area contributed by atoms with Crippen molar-refractivity contribution in [3.8, 4) is 0 Å². The Morgan fingerprint density at radius 3 is 2.73 bits per heavy atom. The fraction of sp³-hybridized carbons (Fsp3) is 0.412. The predicted octanol–water partition coefficient (Wildman–Crippen LogP) is 3.28. The second-order valence-corrected chi connectivity index (χ2v) is 6.52. The van der Waals surface area contributed by atoms with E-state index in [0.29, 0.717) is 6.04 Å². The van der Waals surface area contributed by atoms with Gasteiger partial charge in [-0.2, -0.15) is 0 Å². The van der Waals surface area contributed by atoms with Gasteiger partial charge >= 0.3 is 0 Å². The van der Waals surface area contributed by atoms with E-state index in [1.807, 2.05) is 6.07 Å². The van der Waals surface area contributed by atoms with Crippen LogP contribution in [-0.2, 0) is 6.54 Å². The summed E-state index contributed by atoms with van der Waals surface area (Å²) in [4.78, 5) is 12.4. The van der Waals surface area contributed by atoms with Gasteiger partial charge in [0.25, 0.3) is 0 Å². The minimum atomic E-state index is 0.432. The molecule has 0 amide bonds. The number of hydrogen-bond donors (Lipinski definition) is 1. The maximum absolute atomic E-state index is 4.26. The molecular weight excluding hydrogens is 292 g/mol. The van der Waals surface area contributed by atoms with Gasteiger partial charge in [0.05, 0.1) is 0 Å². The Kier molecular flexibility index (Phi) is 5.29. The SMILES string of the molecule is CSc1ccc(CN2CCCC(Nc3ncccn3)C2)cc1. The van der Waals surface area contributed by atoms with Gasteiger partial charge in [0, 0.05) is 36.4 Å². The topological polar surface area (TPSA) is 41.0 Å². The summed E-state index contributed by atoms with van der Waals surface area (Å²) in [6.45, 7) is 3.23. The first-order valence-corrected chi connectivity index (χ1v) is 8.95. The Bertz CT molecular complexity index is 573. The molecule has 1 aliphatic heterocycles. The molecule has 2 aromatic rings. The summed E-state index contributed by atoms with van der Waals surface area (Å²) in [5.41, 5.74) is 1.38. The van der Waals surface area contributed by atoms with Gasteiger partial charge in [-0.25, -0.2) is 9.97 Å². The zero-order chi connectivity index (χ0) is 15.2. The maximum atomic E-state index is 4.26. The highest BCUT2D eigenvalue weighted by Gasteiger charge is 2.20. The number of piperidine rings is 1. The largest absolute Gasteiger partial charge is 0.350 e. The smallest absolute Gasteiger partial charge is 0.222 e. The molecule has 0 saturated carbocycles. The molecule has 1 N–H and O–H groups in total. The molecule has 1 unspecified atom stereocenters. The second kappa shape index (κ2) is 7.61. The van der Waals surface area contributed by atoms with E-state index in [-0.39, 0.29) is 0 Å². The van der Waals surface area contributed by atoms with Crippen LogP contribution < -0.4 is 5.32 Å². The van der Waals surface area contributed by atoms with E-state index in [1.165, 1.54) is 23.3 Å². The van der Waals surface area contributed by atoms with E-state index in [2.05, 4.69) is 50.7 Å². The normalized spacial score (nSPS) is 19.0. The molecule has 1 aromatic heterocycles. The molecule has 2 heterocycles. The maximum Gasteiger partial charge on any atom is 0.222 e. The fourth-order valence-electron chi connectivity index (χ4n) is 2.86. The number of likely N-dealkylation sites (tertiary alicyclic amines) is 1. The van der Waals surface area contributed by atoms with Crippen LogP contribution in [0.4, 0.5) is 5.95 Å². The summed E-state index contributed by atoms with van der Waals surface area (Å²) < 4.78 is 0. The molecule has 1 aromatic carbocycles. The molecule has 0 aliphatic carbocycles. The van der Waals surface area contributed by atoms with E-state index in [9.17, 15) is 0 Å². The molecule has 1 aliphatic rings. The van der Waals surface area contributed by atoms with Crippen LogP contribution >= 0.6 is 11.8 Å². The van der Waals surface area contributed by atoms with Gasteiger partial charge in [0.1, 0.15) is 0 Å². The number of thioether (sulfide) groups is 1. The summed E-state index contributed by atoms with van der Waals surface area (Å²) in [6, 6.07) is 11.2.